The number of unbranched alkanes of at least 4 members (excludes halogenated alkanes) is 14. The first kappa shape index (κ1) is 56.5. The fourth-order valence-corrected chi connectivity index (χ4v) is 5.39. The van der Waals surface area contributed by atoms with Gasteiger partial charge >= 0.3 is 0 Å². The molecule has 344 valence electrons. The van der Waals surface area contributed by atoms with Gasteiger partial charge in [0.15, 0.2) is 0 Å². The summed E-state index contributed by atoms with van der Waals surface area (Å²) in [5.74, 6) is 0. The van der Waals surface area contributed by atoms with Crippen LogP contribution in [0.15, 0.2) is 0 Å². The molecule has 13 heteroatoms. The SMILES string of the molecule is CCCCCCCCCCCCCCCCOCCOCCOCCOCCOCCOCCOCCOCCOCCOCCOCCOCCOCCCC. The van der Waals surface area contributed by atoms with Crippen LogP contribution in [0.2, 0.25) is 0 Å². The molecule has 0 bridgehead atoms. The molecule has 0 saturated carbocycles. The van der Waals surface area contributed by atoms with E-state index in [0.29, 0.717) is 159 Å². The van der Waals surface area contributed by atoms with Crippen molar-refractivity contribution in [1.82, 2.24) is 0 Å². The minimum atomic E-state index is 0.517. The summed E-state index contributed by atoms with van der Waals surface area (Å²) in [6.07, 6.45) is 21.5. The van der Waals surface area contributed by atoms with E-state index < -0.39 is 0 Å². The lowest BCUT2D eigenvalue weighted by atomic mass is 10.0. The molecule has 13 nitrogen and oxygen atoms in total. The van der Waals surface area contributed by atoms with Crippen molar-refractivity contribution in [2.24, 2.45) is 0 Å². The van der Waals surface area contributed by atoms with Crippen molar-refractivity contribution in [3.63, 3.8) is 0 Å². The molecule has 0 atom stereocenters. The van der Waals surface area contributed by atoms with Crippen LogP contribution in [0.5, 0.6) is 0 Å². The monoisotopic (exact) mass is 827 g/mol. The van der Waals surface area contributed by atoms with Gasteiger partial charge in [0, 0.05) is 13.2 Å². The second-order valence-electron chi connectivity index (χ2n) is 13.9. The van der Waals surface area contributed by atoms with E-state index in [2.05, 4.69) is 13.8 Å². The summed E-state index contributed by atoms with van der Waals surface area (Å²) in [5, 5.41) is 0. The van der Waals surface area contributed by atoms with Crippen LogP contribution in [0, 0.1) is 0 Å². The van der Waals surface area contributed by atoms with Gasteiger partial charge in [0.05, 0.1) is 159 Å². The Morgan fingerprint density at radius 3 is 0.474 bits per heavy atom. The van der Waals surface area contributed by atoms with Gasteiger partial charge in [-0.25, -0.2) is 0 Å². The van der Waals surface area contributed by atoms with Crippen molar-refractivity contribution in [1.29, 1.82) is 0 Å². The third-order valence-electron chi connectivity index (χ3n) is 8.75. The Bertz CT molecular complexity index is 626. The van der Waals surface area contributed by atoms with E-state index in [1.54, 1.807) is 0 Å². The highest BCUT2D eigenvalue weighted by Gasteiger charge is 1.98. The van der Waals surface area contributed by atoms with E-state index in [-0.39, 0.29) is 0 Å². The molecule has 0 unspecified atom stereocenters. The lowest BCUT2D eigenvalue weighted by Crippen LogP contribution is -2.15. The van der Waals surface area contributed by atoms with E-state index in [0.717, 1.165) is 32.5 Å². The van der Waals surface area contributed by atoms with Crippen molar-refractivity contribution in [3.05, 3.63) is 0 Å². The zero-order valence-corrected chi connectivity index (χ0v) is 37.0. The predicted octanol–water partition coefficient (Wildman–Crippen LogP) is 7.48. The molecule has 0 N–H and O–H groups in total. The van der Waals surface area contributed by atoms with Crippen LogP contribution < -0.4 is 0 Å². The Morgan fingerprint density at radius 1 is 0.140 bits per heavy atom. The molecule has 0 rings (SSSR count). The zero-order valence-electron chi connectivity index (χ0n) is 37.0. The first-order valence-corrected chi connectivity index (χ1v) is 22.9. The Balaban J connectivity index is 3.05. The molecule has 0 aromatic carbocycles. The van der Waals surface area contributed by atoms with Crippen LogP contribution in [-0.4, -0.2) is 172 Å². The summed E-state index contributed by atoms with van der Waals surface area (Å²) in [5.41, 5.74) is 0. The summed E-state index contributed by atoms with van der Waals surface area (Å²) in [4.78, 5) is 0. The van der Waals surface area contributed by atoms with Gasteiger partial charge in [-0.15, -0.1) is 0 Å². The molecule has 0 saturated heterocycles. The molecule has 0 heterocycles. The van der Waals surface area contributed by atoms with Gasteiger partial charge < -0.3 is 61.6 Å². The molecule has 0 aliphatic heterocycles. The lowest BCUT2D eigenvalue weighted by molar-refractivity contribution is -0.0290. The van der Waals surface area contributed by atoms with Gasteiger partial charge in [-0.2, -0.15) is 0 Å². The smallest absolute Gasteiger partial charge is 0.0701 e. The van der Waals surface area contributed by atoms with E-state index in [1.807, 2.05) is 0 Å². The van der Waals surface area contributed by atoms with Gasteiger partial charge in [-0.3, -0.25) is 0 Å². The highest BCUT2D eigenvalue weighted by atomic mass is 16.6. The second kappa shape index (κ2) is 55.5. The topological polar surface area (TPSA) is 120 Å². The normalized spacial score (nSPS) is 11.7. The van der Waals surface area contributed by atoms with Crippen LogP contribution in [0.25, 0.3) is 0 Å². The molecule has 0 amide bonds. The van der Waals surface area contributed by atoms with Gasteiger partial charge in [-0.1, -0.05) is 104 Å². The van der Waals surface area contributed by atoms with E-state index in [9.17, 15) is 0 Å². The number of rotatable bonds is 54. The standard InChI is InChI=1S/C44H90O13/c1-3-5-7-8-9-10-11-12-13-14-15-16-17-18-20-46-22-24-48-26-28-50-30-32-52-34-36-54-38-40-56-42-44-57-43-41-55-39-37-53-35-33-51-31-29-49-27-25-47-23-21-45-19-6-4-2/h3-44H2,1-2H3. The summed E-state index contributed by atoms with van der Waals surface area (Å²) >= 11 is 0. The average molecular weight is 827 g/mol. The third kappa shape index (κ3) is 55.5. The minimum Gasteiger partial charge on any atom is -0.379 e. The van der Waals surface area contributed by atoms with Gasteiger partial charge in [0.1, 0.15) is 0 Å². The fourth-order valence-electron chi connectivity index (χ4n) is 5.39. The maximum atomic E-state index is 5.69. The van der Waals surface area contributed by atoms with E-state index in [4.69, 9.17) is 61.6 Å². The maximum absolute atomic E-state index is 5.69. The van der Waals surface area contributed by atoms with Gasteiger partial charge in [-0.05, 0) is 12.8 Å². The third-order valence-corrected chi connectivity index (χ3v) is 8.75. The predicted molar refractivity (Wildman–Crippen MR) is 226 cm³/mol. The highest BCUT2D eigenvalue weighted by molar-refractivity contribution is 4.50. The molecule has 0 aliphatic carbocycles. The Labute approximate surface area is 349 Å². The van der Waals surface area contributed by atoms with Crippen LogP contribution in [0.3, 0.4) is 0 Å². The van der Waals surface area contributed by atoms with E-state index >= 15 is 0 Å². The quantitative estimate of drug-likeness (QED) is 0.0565. The molecule has 0 spiro atoms. The largest absolute Gasteiger partial charge is 0.379 e. The molecule has 0 fully saturated rings. The zero-order chi connectivity index (χ0) is 40.9. The summed E-state index contributed by atoms with van der Waals surface area (Å²) in [6.45, 7) is 19.2. The Hall–Kier alpha value is -0.520. The van der Waals surface area contributed by atoms with Crippen molar-refractivity contribution in [2.45, 2.75) is 117 Å². The number of hydrogen-bond donors (Lipinski definition) is 0. The van der Waals surface area contributed by atoms with Crippen LogP contribution in [0.4, 0.5) is 0 Å². The summed E-state index contributed by atoms with van der Waals surface area (Å²) in [7, 11) is 0. The fraction of sp³-hybridized carbons (Fsp3) is 1.00. The summed E-state index contributed by atoms with van der Waals surface area (Å²) < 4.78 is 71.8. The van der Waals surface area contributed by atoms with Gasteiger partial charge in [0.25, 0.3) is 0 Å². The van der Waals surface area contributed by atoms with E-state index in [1.165, 1.54) is 83.5 Å². The van der Waals surface area contributed by atoms with Gasteiger partial charge in [0.2, 0.25) is 0 Å². The van der Waals surface area contributed by atoms with Crippen LogP contribution in [-0.2, 0) is 61.6 Å². The second-order valence-corrected chi connectivity index (χ2v) is 13.9. The Kier molecular flexibility index (Phi) is 55.0. The van der Waals surface area contributed by atoms with Crippen LogP contribution in [0.1, 0.15) is 117 Å². The van der Waals surface area contributed by atoms with Crippen molar-refractivity contribution in [2.75, 3.05) is 172 Å². The Morgan fingerprint density at radius 2 is 0.281 bits per heavy atom. The number of ether oxygens (including phenoxy) is 13. The molecular formula is C44H90O13. The van der Waals surface area contributed by atoms with Crippen LogP contribution >= 0.6 is 0 Å². The van der Waals surface area contributed by atoms with Crippen molar-refractivity contribution in [3.8, 4) is 0 Å². The maximum Gasteiger partial charge on any atom is 0.0701 e. The molecule has 0 radical (unpaired) electrons. The molecule has 0 aromatic rings. The number of hydrogen-bond acceptors (Lipinski definition) is 13. The molecule has 0 aromatic heterocycles. The summed E-state index contributed by atoms with van der Waals surface area (Å²) in [6, 6.07) is 0. The molecule has 0 aliphatic rings. The highest BCUT2D eigenvalue weighted by Crippen LogP contribution is 2.13. The lowest BCUT2D eigenvalue weighted by Gasteiger charge is -2.09. The van der Waals surface area contributed by atoms with Crippen molar-refractivity contribution >= 4 is 0 Å². The van der Waals surface area contributed by atoms with Crippen molar-refractivity contribution < 1.29 is 61.6 Å². The molecule has 57 heavy (non-hydrogen) atoms. The minimum absolute atomic E-state index is 0.517. The first-order chi connectivity index (χ1) is 28.4. The first-order valence-electron chi connectivity index (χ1n) is 22.9. The average Bonchev–Trinajstić information content (AvgIpc) is 3.22. The molecular weight excluding hydrogens is 736 g/mol.